The molecule has 0 saturated carbocycles. The molecule has 0 spiro atoms. The zero-order chi connectivity index (χ0) is 23.4. The molecule has 0 fully saturated rings. The van der Waals surface area contributed by atoms with Crippen LogP contribution in [-0.2, 0) is 19.2 Å². The first-order chi connectivity index (χ1) is 12.7. The van der Waals surface area contributed by atoms with E-state index in [-0.39, 0.29) is 46.9 Å². The van der Waals surface area contributed by atoms with E-state index in [0.717, 1.165) is 0 Å². The van der Waals surface area contributed by atoms with E-state index in [0.29, 0.717) is 0 Å². The molecule has 29 heavy (non-hydrogen) atoms. The molecule has 0 aliphatic heterocycles. The topological polar surface area (TPSA) is 253 Å². The molecule has 0 aromatic rings. The molecule has 12 nitrogen and oxygen atoms in total. The number of nitrogens with two attached hydrogens (primary N) is 4. The van der Waals surface area contributed by atoms with Gasteiger partial charge in [-0.1, -0.05) is 0 Å². The molecule has 172 valence electrons. The van der Waals surface area contributed by atoms with Crippen LogP contribution in [-0.4, -0.2) is 115 Å². The first-order valence-electron chi connectivity index (χ1n) is 7.10. The molecular formula is C12H28N4O8S4Sn. The first-order valence-corrected chi connectivity index (χ1v) is 9.63. The molecule has 4 radical (unpaired) electrons. The van der Waals surface area contributed by atoms with Crippen LogP contribution in [0.15, 0.2) is 0 Å². The van der Waals surface area contributed by atoms with Gasteiger partial charge in [0.25, 0.3) is 0 Å². The van der Waals surface area contributed by atoms with Crippen LogP contribution in [0.2, 0.25) is 0 Å². The summed E-state index contributed by atoms with van der Waals surface area (Å²) >= 11 is 14.6. The molecule has 0 aliphatic carbocycles. The molecule has 17 heteroatoms. The molecule has 0 amide bonds. The molecule has 4 unspecified atom stereocenters. The summed E-state index contributed by atoms with van der Waals surface area (Å²) in [5.41, 5.74) is 19.8. The van der Waals surface area contributed by atoms with Crippen LogP contribution in [0.5, 0.6) is 0 Å². The smallest absolute Gasteiger partial charge is 0.321 e. The molecule has 0 aromatic heterocycles. The van der Waals surface area contributed by atoms with E-state index in [1.807, 2.05) is 0 Å². The predicted octanol–water partition coefficient (Wildman–Crippen LogP) is -3.07. The van der Waals surface area contributed by atoms with Crippen molar-refractivity contribution in [1.82, 2.24) is 0 Å². The maximum absolute atomic E-state index is 9.76. The van der Waals surface area contributed by atoms with Crippen LogP contribution in [0.4, 0.5) is 0 Å². The Kier molecular flexibility index (Phi) is 35.3. The number of carbonyl (C=O) groups is 4. The fourth-order valence-electron chi connectivity index (χ4n) is 0.312. The number of rotatable bonds is 8. The van der Waals surface area contributed by atoms with Gasteiger partial charge in [-0.25, -0.2) is 0 Å². The normalized spacial score (nSPS) is 13.0. The Labute approximate surface area is 207 Å². The quantitative estimate of drug-likeness (QED) is 0.0976. The van der Waals surface area contributed by atoms with Gasteiger partial charge < -0.3 is 43.4 Å². The van der Waals surface area contributed by atoms with Crippen LogP contribution < -0.4 is 22.9 Å². The van der Waals surface area contributed by atoms with Crippen LogP contribution in [0.1, 0.15) is 0 Å². The van der Waals surface area contributed by atoms with Gasteiger partial charge in [-0.15, -0.1) is 0 Å². The van der Waals surface area contributed by atoms with Crippen molar-refractivity contribution in [2.45, 2.75) is 24.2 Å². The van der Waals surface area contributed by atoms with Crippen LogP contribution in [0.3, 0.4) is 0 Å². The van der Waals surface area contributed by atoms with E-state index < -0.39 is 48.0 Å². The van der Waals surface area contributed by atoms with Crippen molar-refractivity contribution in [3.63, 3.8) is 0 Å². The number of carboxylic acid groups (broad SMARTS) is 4. The van der Waals surface area contributed by atoms with Gasteiger partial charge in [-0.2, -0.15) is 50.5 Å². The van der Waals surface area contributed by atoms with Gasteiger partial charge in [0.15, 0.2) is 0 Å². The molecule has 12 N–H and O–H groups in total. The fourth-order valence-corrected chi connectivity index (χ4v) is 0.937. The van der Waals surface area contributed by atoms with Gasteiger partial charge in [0.05, 0.1) is 0 Å². The maximum atomic E-state index is 9.76. The Bertz CT molecular complexity index is 388. The molecule has 0 aromatic carbocycles. The third-order valence-corrected chi connectivity index (χ3v) is 3.63. The Morgan fingerprint density at radius 1 is 0.517 bits per heavy atom. The summed E-state index contributed by atoms with van der Waals surface area (Å²) in [6, 6.07) is -3.27. The molecule has 0 aliphatic rings. The van der Waals surface area contributed by atoms with Crippen LogP contribution in [0.25, 0.3) is 0 Å². The number of carboxylic acids is 4. The molecule has 0 saturated heterocycles. The summed E-state index contributed by atoms with van der Waals surface area (Å²) in [5.74, 6) is -3.26. The molecule has 0 bridgehead atoms. The SMILES string of the molecule is NC(CS)C(=O)O.NC(CS)C(=O)O.NC(CS)C(=O)O.NC(CS)C(=O)O.[Sn]. The Balaban J connectivity index is -0.0000000873. The number of aliphatic carboxylic acids is 4. The van der Waals surface area contributed by atoms with E-state index in [2.05, 4.69) is 50.5 Å². The van der Waals surface area contributed by atoms with Gasteiger partial charge in [0.2, 0.25) is 0 Å². The summed E-state index contributed by atoms with van der Waals surface area (Å²) in [4.78, 5) is 39.0. The van der Waals surface area contributed by atoms with Crippen molar-refractivity contribution >= 4 is 98.3 Å². The number of thiol groups is 4. The van der Waals surface area contributed by atoms with Crippen LogP contribution >= 0.6 is 50.5 Å². The standard InChI is InChI=1S/4C3H7NO2S.Sn/c4*4-2(1-7)3(5)6;/h4*2,7H,1,4H2,(H,5,6);. The average molecular weight is 603 g/mol. The zero-order valence-electron chi connectivity index (χ0n) is 15.2. The van der Waals surface area contributed by atoms with Gasteiger partial charge in [-0.05, 0) is 0 Å². The third-order valence-electron chi connectivity index (χ3n) is 2.06. The molecular weight excluding hydrogens is 575 g/mol. The summed E-state index contributed by atoms with van der Waals surface area (Å²) < 4.78 is 0. The van der Waals surface area contributed by atoms with Gasteiger partial charge in [0.1, 0.15) is 24.2 Å². The van der Waals surface area contributed by atoms with Gasteiger partial charge >= 0.3 is 23.9 Å². The molecule has 4 atom stereocenters. The Hall–Kier alpha value is -0.0813. The summed E-state index contributed by atoms with van der Waals surface area (Å²) in [6.07, 6.45) is 0. The summed E-state index contributed by atoms with van der Waals surface area (Å²) in [7, 11) is 0. The minimum atomic E-state index is -1.00. The Morgan fingerprint density at radius 2 is 0.621 bits per heavy atom. The van der Waals surface area contributed by atoms with Crippen molar-refractivity contribution in [3.05, 3.63) is 0 Å². The minimum absolute atomic E-state index is 0. The van der Waals surface area contributed by atoms with Crippen molar-refractivity contribution in [2.75, 3.05) is 23.0 Å². The van der Waals surface area contributed by atoms with Crippen molar-refractivity contribution in [2.24, 2.45) is 22.9 Å². The zero-order valence-corrected chi connectivity index (χ0v) is 21.6. The largest absolute Gasteiger partial charge is 0.480 e. The first kappa shape index (κ1) is 39.4. The van der Waals surface area contributed by atoms with E-state index in [9.17, 15) is 19.2 Å². The van der Waals surface area contributed by atoms with Crippen molar-refractivity contribution < 1.29 is 39.6 Å². The molecule has 0 rings (SSSR count). The summed E-state index contributed by atoms with van der Waals surface area (Å²) in [5, 5.41) is 32.0. The summed E-state index contributed by atoms with van der Waals surface area (Å²) in [6.45, 7) is 0. The fraction of sp³-hybridized carbons (Fsp3) is 0.667. The molecule has 0 heterocycles. The average Bonchev–Trinajstić information content (AvgIpc) is 2.66. The predicted molar refractivity (Wildman–Crippen MR) is 124 cm³/mol. The maximum Gasteiger partial charge on any atom is 0.321 e. The second kappa shape index (κ2) is 26.0. The van der Waals surface area contributed by atoms with E-state index in [1.165, 1.54) is 0 Å². The minimum Gasteiger partial charge on any atom is -0.480 e. The van der Waals surface area contributed by atoms with Crippen LogP contribution in [0, 0.1) is 0 Å². The Morgan fingerprint density at radius 3 is 0.621 bits per heavy atom. The van der Waals surface area contributed by atoms with Crippen molar-refractivity contribution in [3.8, 4) is 0 Å². The van der Waals surface area contributed by atoms with E-state index >= 15 is 0 Å². The second-order valence-electron chi connectivity index (χ2n) is 4.51. The van der Waals surface area contributed by atoms with E-state index in [4.69, 9.17) is 43.4 Å². The number of hydrogen-bond acceptors (Lipinski definition) is 12. The van der Waals surface area contributed by atoms with Gasteiger partial charge in [-0.3, -0.25) is 19.2 Å². The third kappa shape index (κ3) is 32.8. The number of hydrogen-bond donors (Lipinski definition) is 12. The van der Waals surface area contributed by atoms with Gasteiger partial charge in [0, 0.05) is 46.9 Å². The monoisotopic (exact) mass is 604 g/mol. The van der Waals surface area contributed by atoms with Crippen molar-refractivity contribution in [1.29, 1.82) is 0 Å². The second-order valence-corrected chi connectivity index (χ2v) is 5.97. The van der Waals surface area contributed by atoms with E-state index in [1.54, 1.807) is 0 Å².